The average molecular weight is 702 g/mol. The second-order valence-corrected chi connectivity index (χ2v) is 13.4. The minimum atomic E-state index is -0.412. The molecule has 7 heteroatoms. The Morgan fingerprint density at radius 3 is 1.12 bits per heavy atom. The van der Waals surface area contributed by atoms with Crippen molar-refractivity contribution >= 4 is 17.9 Å². The van der Waals surface area contributed by atoms with E-state index in [0.717, 1.165) is 77.0 Å². The van der Waals surface area contributed by atoms with Gasteiger partial charge < -0.3 is 19.9 Å². The normalized spacial score (nSPS) is 11.9. The second kappa shape index (κ2) is 39.1. The molecule has 0 aliphatic carbocycles. The monoisotopic (exact) mass is 702 g/mol. The van der Waals surface area contributed by atoms with Gasteiger partial charge in [0, 0.05) is 19.4 Å². The van der Waals surface area contributed by atoms with Gasteiger partial charge in [0.15, 0.2) is 0 Å². The molecule has 0 bridgehead atoms. The molecule has 0 atom stereocenters. The molecule has 0 aromatic carbocycles. The van der Waals surface area contributed by atoms with Gasteiger partial charge in [-0.2, -0.15) is 0 Å². The Balaban J connectivity index is 4.06. The third-order valence-corrected chi connectivity index (χ3v) is 8.45. The molecule has 0 saturated heterocycles. The van der Waals surface area contributed by atoms with Gasteiger partial charge in [-0.15, -0.1) is 0 Å². The Morgan fingerprint density at radius 2 is 0.760 bits per heavy atom. The Labute approximate surface area is 306 Å². The van der Waals surface area contributed by atoms with Gasteiger partial charge in [0.25, 0.3) is 0 Å². The number of allylic oxidation sites excluding steroid dienone is 8. The van der Waals surface area contributed by atoms with Gasteiger partial charge in [-0.25, -0.2) is 0 Å². The molecule has 288 valence electrons. The minimum absolute atomic E-state index is 0.0206. The molecule has 0 heterocycles. The summed E-state index contributed by atoms with van der Waals surface area (Å²) in [4.78, 5) is 36.5. The Hall–Kier alpha value is -2.67. The van der Waals surface area contributed by atoms with Crippen molar-refractivity contribution in [1.29, 1.82) is 0 Å². The van der Waals surface area contributed by atoms with Crippen molar-refractivity contribution in [3.05, 3.63) is 48.6 Å². The van der Waals surface area contributed by atoms with Crippen molar-refractivity contribution in [1.82, 2.24) is 0 Å². The van der Waals surface area contributed by atoms with E-state index in [0.29, 0.717) is 12.8 Å². The highest BCUT2D eigenvalue weighted by Crippen LogP contribution is 2.12. The lowest BCUT2D eigenvalue weighted by molar-refractivity contribution is -0.153. The van der Waals surface area contributed by atoms with E-state index in [4.69, 9.17) is 19.9 Å². The zero-order chi connectivity index (χ0) is 36.6. The number of rotatable bonds is 36. The van der Waals surface area contributed by atoms with Crippen molar-refractivity contribution in [2.24, 2.45) is 11.7 Å². The molecule has 0 unspecified atom stereocenters. The summed E-state index contributed by atoms with van der Waals surface area (Å²) < 4.78 is 16.2. The van der Waals surface area contributed by atoms with Crippen molar-refractivity contribution < 1.29 is 28.6 Å². The number of unbranched alkanes of at least 4 members (excludes halogenated alkanes) is 16. The minimum Gasteiger partial charge on any atom is -0.465 e. The third kappa shape index (κ3) is 36.6. The Morgan fingerprint density at radius 1 is 0.440 bits per heavy atom. The first-order valence-corrected chi connectivity index (χ1v) is 20.3. The summed E-state index contributed by atoms with van der Waals surface area (Å²) in [7, 11) is 0. The summed E-state index contributed by atoms with van der Waals surface area (Å²) in [5.74, 6) is -1.36. The molecule has 0 aromatic rings. The maximum Gasteiger partial charge on any atom is 0.307 e. The summed E-state index contributed by atoms with van der Waals surface area (Å²) >= 11 is 0. The Bertz CT molecular complexity index is 847. The van der Waals surface area contributed by atoms with E-state index in [2.05, 4.69) is 62.5 Å². The van der Waals surface area contributed by atoms with E-state index < -0.39 is 11.9 Å². The van der Waals surface area contributed by atoms with Gasteiger partial charge in [0.1, 0.15) is 19.8 Å². The summed E-state index contributed by atoms with van der Waals surface area (Å²) in [6, 6.07) is 0. The van der Waals surface area contributed by atoms with Crippen molar-refractivity contribution in [3.8, 4) is 0 Å². The van der Waals surface area contributed by atoms with Crippen molar-refractivity contribution in [2.45, 2.75) is 174 Å². The molecule has 0 saturated carbocycles. The first kappa shape index (κ1) is 47.3. The highest BCUT2D eigenvalue weighted by Gasteiger charge is 2.17. The topological polar surface area (TPSA) is 105 Å². The molecule has 0 aromatic heterocycles. The molecule has 50 heavy (non-hydrogen) atoms. The molecule has 0 radical (unpaired) electrons. The highest BCUT2D eigenvalue weighted by molar-refractivity contribution is 5.70. The fraction of sp³-hybridized carbons (Fsp3) is 0.744. The molecule has 0 aliphatic rings. The summed E-state index contributed by atoms with van der Waals surface area (Å²) in [5.41, 5.74) is 5.44. The number of carbonyl (C=O) groups excluding carboxylic acids is 3. The molecule has 0 spiro atoms. The van der Waals surface area contributed by atoms with Gasteiger partial charge in [-0.1, -0.05) is 127 Å². The highest BCUT2D eigenvalue weighted by atomic mass is 16.6. The fourth-order valence-electron chi connectivity index (χ4n) is 5.27. The predicted octanol–water partition coefficient (Wildman–Crippen LogP) is 11.2. The molecule has 0 rings (SSSR count). The predicted molar refractivity (Wildman–Crippen MR) is 209 cm³/mol. The quantitative estimate of drug-likeness (QED) is 0.0300. The lowest BCUT2D eigenvalue weighted by atomic mass is 10.1. The zero-order valence-electron chi connectivity index (χ0n) is 32.2. The van der Waals surface area contributed by atoms with E-state index >= 15 is 0 Å². The zero-order valence-corrected chi connectivity index (χ0v) is 32.2. The van der Waals surface area contributed by atoms with E-state index in [1.54, 1.807) is 0 Å². The van der Waals surface area contributed by atoms with Crippen LogP contribution < -0.4 is 5.73 Å². The molecule has 2 N–H and O–H groups in total. The van der Waals surface area contributed by atoms with E-state index in [9.17, 15) is 14.4 Å². The van der Waals surface area contributed by atoms with Crippen LogP contribution >= 0.6 is 0 Å². The molecular formula is C43H75NO6. The SMILES string of the molecule is CCCCC/C=C\C/C=C\CCCCCCCC(=O)OCC(COC(=O)CCN)COC(=O)CCCCCCC/C=C\C/C=C\CCCCC. The number of ether oxygens (including phenoxy) is 3. The first-order chi connectivity index (χ1) is 24.5. The van der Waals surface area contributed by atoms with Crippen molar-refractivity contribution in [2.75, 3.05) is 26.4 Å². The maximum absolute atomic E-state index is 12.4. The fourth-order valence-corrected chi connectivity index (χ4v) is 5.27. The van der Waals surface area contributed by atoms with Crippen LogP contribution in [-0.4, -0.2) is 44.3 Å². The van der Waals surface area contributed by atoms with Crippen LogP contribution in [0.2, 0.25) is 0 Å². The van der Waals surface area contributed by atoms with Gasteiger partial charge in [0.05, 0.1) is 12.3 Å². The first-order valence-electron chi connectivity index (χ1n) is 20.3. The van der Waals surface area contributed by atoms with E-state index in [1.807, 2.05) is 0 Å². The third-order valence-electron chi connectivity index (χ3n) is 8.45. The van der Waals surface area contributed by atoms with Crippen molar-refractivity contribution in [3.63, 3.8) is 0 Å². The molecule has 0 aliphatic heterocycles. The number of hydrogen-bond acceptors (Lipinski definition) is 7. The number of carbonyl (C=O) groups is 3. The van der Waals surface area contributed by atoms with Gasteiger partial charge in [-0.05, 0) is 77.0 Å². The van der Waals surface area contributed by atoms with Crippen LogP contribution in [0.5, 0.6) is 0 Å². The number of esters is 3. The van der Waals surface area contributed by atoms with E-state index in [-0.39, 0.29) is 44.7 Å². The van der Waals surface area contributed by atoms with Gasteiger partial charge in [0.2, 0.25) is 0 Å². The summed E-state index contributed by atoms with van der Waals surface area (Å²) in [6.07, 6.45) is 43.7. The average Bonchev–Trinajstić information content (AvgIpc) is 3.11. The lowest BCUT2D eigenvalue weighted by Crippen LogP contribution is -2.26. The van der Waals surface area contributed by atoms with E-state index in [1.165, 1.54) is 64.2 Å². The van der Waals surface area contributed by atoms with Crippen LogP contribution in [0.4, 0.5) is 0 Å². The summed E-state index contributed by atoms with van der Waals surface area (Å²) in [6.45, 7) is 4.78. The Kier molecular flexibility index (Phi) is 37.0. The lowest BCUT2D eigenvalue weighted by Gasteiger charge is -2.17. The van der Waals surface area contributed by atoms with Crippen LogP contribution in [0.15, 0.2) is 48.6 Å². The van der Waals surface area contributed by atoms with Gasteiger partial charge in [-0.3, -0.25) is 14.4 Å². The number of hydrogen-bond donors (Lipinski definition) is 1. The van der Waals surface area contributed by atoms with Crippen LogP contribution in [0.1, 0.15) is 174 Å². The smallest absolute Gasteiger partial charge is 0.307 e. The largest absolute Gasteiger partial charge is 0.465 e. The van der Waals surface area contributed by atoms with Crippen LogP contribution in [0, 0.1) is 5.92 Å². The van der Waals surface area contributed by atoms with Gasteiger partial charge >= 0.3 is 17.9 Å². The van der Waals surface area contributed by atoms with Crippen LogP contribution in [0.3, 0.4) is 0 Å². The number of nitrogens with two attached hydrogens (primary N) is 1. The molecule has 0 amide bonds. The van der Waals surface area contributed by atoms with Crippen LogP contribution in [-0.2, 0) is 28.6 Å². The second-order valence-electron chi connectivity index (χ2n) is 13.4. The summed E-state index contributed by atoms with van der Waals surface area (Å²) in [5, 5.41) is 0. The molecule has 7 nitrogen and oxygen atoms in total. The standard InChI is InChI=1S/C43H75NO6/c1-3-5-7-9-11-13-15-17-19-21-23-25-27-29-31-33-41(45)48-37-40(39-50-43(47)35-36-44)38-49-42(46)34-32-30-28-26-24-22-20-18-16-14-12-10-8-6-4-2/h11-14,17-20,40H,3-10,15-16,21-39,44H2,1-2H3/b13-11-,14-12-,19-17-,20-18-. The molecular weight excluding hydrogens is 626 g/mol. The maximum atomic E-state index is 12.4. The van der Waals surface area contributed by atoms with Crippen LogP contribution in [0.25, 0.3) is 0 Å². The molecule has 0 fully saturated rings.